The molecule has 0 spiro atoms. The number of aryl methyl sites for hydroxylation is 1. The average molecular weight is 1030 g/mol. The van der Waals surface area contributed by atoms with E-state index in [1.54, 1.807) is 6.07 Å². The number of hydrogen-bond donors (Lipinski definition) is 0. The van der Waals surface area contributed by atoms with Crippen LogP contribution < -0.4 is 10.2 Å². The van der Waals surface area contributed by atoms with E-state index in [9.17, 15) is 10.2 Å². The van der Waals surface area contributed by atoms with Crippen molar-refractivity contribution >= 4 is 22.8 Å². The van der Waals surface area contributed by atoms with Gasteiger partial charge in [0.25, 0.3) is 0 Å². The minimum absolute atomic E-state index is 0. The number of nitrogens with zero attached hydrogens (tertiary/aromatic N) is 2. The number of hydrogen-bond acceptors (Lipinski definition) is 4. The number of unbranched alkanes of at least 4 members (excludes halogenated alkanes) is 31. The van der Waals surface area contributed by atoms with E-state index in [4.69, 9.17) is 9.98 Å². The van der Waals surface area contributed by atoms with Gasteiger partial charge in [-0.15, -0.1) is 11.5 Å². The Kier molecular flexibility index (Phi) is 44.3. The molecule has 3 aromatic rings. The summed E-state index contributed by atoms with van der Waals surface area (Å²) in [6, 6.07) is 21.5. The van der Waals surface area contributed by atoms with Crippen molar-refractivity contribution in [2.75, 3.05) is 0 Å². The predicted molar refractivity (Wildman–Crippen MR) is 309 cm³/mol. The Hall–Kier alpha value is -3.79. The first-order valence-electron chi connectivity index (χ1n) is 29.7. The van der Waals surface area contributed by atoms with Crippen molar-refractivity contribution in [1.29, 1.82) is 0 Å². The molecule has 0 heterocycles. The molecule has 0 aliphatic carbocycles. The molecule has 0 saturated heterocycles. The maximum absolute atomic E-state index is 10.7. The molecule has 0 atom stereocenters. The molecule has 0 saturated carbocycles. The van der Waals surface area contributed by atoms with Crippen LogP contribution in [-0.4, -0.2) is 11.4 Å². The first-order chi connectivity index (χ1) is 34.9. The molecule has 5 heteroatoms. The van der Waals surface area contributed by atoms with Crippen LogP contribution in [0, 0.1) is 23.7 Å². The summed E-state index contributed by atoms with van der Waals surface area (Å²) in [4.78, 5) is 10.6. The van der Waals surface area contributed by atoms with Crippen molar-refractivity contribution in [2.24, 2.45) is 9.98 Å². The van der Waals surface area contributed by atoms with Crippen LogP contribution in [0.1, 0.15) is 289 Å². The Labute approximate surface area is 454 Å². The van der Waals surface area contributed by atoms with E-state index in [0.717, 1.165) is 90.9 Å². The molecule has 0 aliphatic rings. The SMILES string of the molecule is CCCCCCCCCCCCCCCCC#Cc1cccc(N=C(CCCC)C(CCCCC)=Nc2cccc(C#CCCCCCCCCCCCCCCCC)c2)c1.CCc1ccc([O-])c([O-])c1.[Ni+2]. The van der Waals surface area contributed by atoms with Gasteiger partial charge in [-0.3, -0.25) is 9.98 Å². The van der Waals surface area contributed by atoms with Crippen molar-refractivity contribution in [3.8, 4) is 35.2 Å². The van der Waals surface area contributed by atoms with E-state index >= 15 is 0 Å². The summed E-state index contributed by atoms with van der Waals surface area (Å²) in [6.07, 6.45) is 49.3. The van der Waals surface area contributed by atoms with Crippen LogP contribution in [0.2, 0.25) is 0 Å². The van der Waals surface area contributed by atoms with E-state index in [0.29, 0.717) is 0 Å². The predicted octanol–water partition coefficient (Wildman–Crippen LogP) is 20.1. The molecule has 4 nitrogen and oxygen atoms in total. The Balaban J connectivity index is 0.00000209. The fourth-order valence-corrected chi connectivity index (χ4v) is 8.95. The molecular weight excluding hydrogens is 923 g/mol. The monoisotopic (exact) mass is 1020 g/mol. The van der Waals surface area contributed by atoms with Crippen LogP contribution in [0.3, 0.4) is 0 Å². The zero-order valence-electron chi connectivity index (χ0n) is 46.7. The van der Waals surface area contributed by atoms with E-state index in [1.807, 2.05) is 6.92 Å². The Morgan fingerprint density at radius 1 is 0.375 bits per heavy atom. The standard InChI is InChI=1S/C59H94N2.C8H10O2.Ni/c1-5-9-13-15-17-19-21-23-25-27-29-31-33-35-37-40-44-54-46-42-48-56(52-54)60-58(50-12-8-4)59(51-39-11-7-3)61-57-49-43-47-55(53-57)45-41-38-36-34-32-30-28-26-24-22-20-18-16-14-10-6-2;1-2-6-3-4-7(9)8(10)5-6;/h42-43,46-49,52-53H,5-39,50-51H2,1-4H3;3-5,9-10H,2H2,1H3;/q;;+2/p-2. The second-order valence-electron chi connectivity index (χ2n) is 20.2. The summed E-state index contributed by atoms with van der Waals surface area (Å²) in [5.74, 6) is 13.0. The molecule has 0 amide bonds. The second kappa shape index (κ2) is 48.2. The van der Waals surface area contributed by atoms with Gasteiger partial charge < -0.3 is 10.2 Å². The number of aliphatic imine (C=N–C) groups is 2. The Morgan fingerprint density at radius 3 is 1.08 bits per heavy atom. The molecule has 3 aromatic carbocycles. The minimum Gasteiger partial charge on any atom is -0.873 e. The third-order valence-corrected chi connectivity index (χ3v) is 13.5. The van der Waals surface area contributed by atoms with Crippen LogP contribution in [0.25, 0.3) is 0 Å². The largest absolute Gasteiger partial charge is 2.00 e. The van der Waals surface area contributed by atoms with Gasteiger partial charge >= 0.3 is 16.5 Å². The van der Waals surface area contributed by atoms with Crippen molar-refractivity contribution in [2.45, 2.75) is 279 Å². The summed E-state index contributed by atoms with van der Waals surface area (Å²) < 4.78 is 0. The molecular formula is C67H102N2NiO2. The van der Waals surface area contributed by atoms with Crippen molar-refractivity contribution in [3.63, 3.8) is 0 Å². The van der Waals surface area contributed by atoms with E-state index < -0.39 is 11.5 Å². The van der Waals surface area contributed by atoms with Crippen molar-refractivity contribution in [1.82, 2.24) is 0 Å². The normalized spacial score (nSPS) is 11.2. The van der Waals surface area contributed by atoms with Crippen molar-refractivity contribution in [3.05, 3.63) is 83.4 Å². The summed E-state index contributed by atoms with van der Waals surface area (Å²) in [6.45, 7) is 11.1. The van der Waals surface area contributed by atoms with Gasteiger partial charge in [-0.25, -0.2) is 0 Å². The molecule has 72 heavy (non-hydrogen) atoms. The van der Waals surface area contributed by atoms with Gasteiger partial charge in [0.15, 0.2) is 0 Å². The quantitative estimate of drug-likeness (QED) is 0.0247. The maximum atomic E-state index is 10.7. The summed E-state index contributed by atoms with van der Waals surface area (Å²) in [7, 11) is 0. The number of benzene rings is 3. The van der Waals surface area contributed by atoms with E-state index in [2.05, 4.69) is 99.9 Å². The fourth-order valence-electron chi connectivity index (χ4n) is 8.95. The average Bonchev–Trinajstić information content (AvgIpc) is 3.38. The molecule has 0 aliphatic heterocycles. The van der Waals surface area contributed by atoms with E-state index in [1.165, 1.54) is 205 Å². The Bertz CT molecular complexity index is 1940. The first-order valence-corrected chi connectivity index (χ1v) is 29.7. The number of rotatable bonds is 39. The molecule has 0 bridgehead atoms. The smallest absolute Gasteiger partial charge is 0.873 e. The summed E-state index contributed by atoms with van der Waals surface area (Å²) in [5.41, 5.74) is 7.27. The maximum Gasteiger partial charge on any atom is 2.00 e. The first kappa shape index (κ1) is 66.2. The van der Waals surface area contributed by atoms with Crippen LogP contribution >= 0.6 is 0 Å². The van der Waals surface area contributed by atoms with E-state index in [-0.39, 0.29) is 16.5 Å². The molecule has 0 N–H and O–H groups in total. The van der Waals surface area contributed by atoms with Gasteiger partial charge in [0.1, 0.15) is 0 Å². The van der Waals surface area contributed by atoms with Crippen LogP contribution in [0.4, 0.5) is 11.4 Å². The topological polar surface area (TPSA) is 70.8 Å². The van der Waals surface area contributed by atoms with Gasteiger partial charge in [0.2, 0.25) is 0 Å². The minimum atomic E-state index is -0.419. The second-order valence-corrected chi connectivity index (χ2v) is 20.2. The zero-order valence-corrected chi connectivity index (χ0v) is 47.7. The van der Waals surface area contributed by atoms with Crippen LogP contribution in [-0.2, 0) is 22.9 Å². The van der Waals surface area contributed by atoms with Crippen LogP contribution in [0.5, 0.6) is 11.5 Å². The van der Waals surface area contributed by atoms with Crippen molar-refractivity contribution < 1.29 is 26.7 Å². The summed E-state index contributed by atoms with van der Waals surface area (Å²) in [5, 5.41) is 21.3. The van der Waals surface area contributed by atoms with Crippen LogP contribution in [0.15, 0.2) is 76.7 Å². The Morgan fingerprint density at radius 2 is 0.722 bits per heavy atom. The van der Waals surface area contributed by atoms with Gasteiger partial charge in [-0.1, -0.05) is 275 Å². The fraction of sp³-hybridized carbons (Fsp3) is 0.642. The molecule has 402 valence electrons. The zero-order chi connectivity index (χ0) is 51.1. The molecule has 3 rings (SSSR count). The third kappa shape index (κ3) is 36.2. The molecule has 0 fully saturated rings. The van der Waals surface area contributed by atoms with Gasteiger partial charge in [-0.2, -0.15) is 0 Å². The van der Waals surface area contributed by atoms with Gasteiger partial charge in [0, 0.05) is 24.0 Å². The third-order valence-electron chi connectivity index (χ3n) is 13.5. The van der Waals surface area contributed by atoms with Gasteiger partial charge in [-0.05, 0) is 86.9 Å². The summed E-state index contributed by atoms with van der Waals surface area (Å²) >= 11 is 0. The molecule has 0 unspecified atom stereocenters. The molecule has 0 aromatic heterocycles. The molecule has 0 radical (unpaired) electrons. The van der Waals surface area contributed by atoms with Gasteiger partial charge in [0.05, 0.1) is 22.8 Å².